The van der Waals surface area contributed by atoms with E-state index in [4.69, 9.17) is 18.9 Å². The number of likely N-dealkylation sites (tertiary alicyclic amines) is 1. The zero-order valence-electron chi connectivity index (χ0n) is 25.1. The number of carboxylic acids is 1. The van der Waals surface area contributed by atoms with Gasteiger partial charge in [-0.3, -0.25) is 9.69 Å². The first-order valence-electron chi connectivity index (χ1n) is 14.9. The van der Waals surface area contributed by atoms with Crippen LogP contribution >= 0.6 is 0 Å². The Hall–Kier alpha value is -4.65. The monoisotopic (exact) mass is 618 g/mol. The third-order valence-corrected chi connectivity index (χ3v) is 7.59. The molecule has 4 N–H and O–H groups in total. The van der Waals surface area contributed by atoms with E-state index in [1.807, 2.05) is 36.4 Å². The number of hydrogen-bond acceptors (Lipinski definition) is 8. The lowest BCUT2D eigenvalue weighted by atomic mass is 9.99. The molecule has 1 fully saturated rings. The van der Waals surface area contributed by atoms with Gasteiger partial charge in [0.05, 0.1) is 30.9 Å². The van der Waals surface area contributed by atoms with Crippen LogP contribution in [0.25, 0.3) is 0 Å². The Balaban J connectivity index is 1.35. The Morgan fingerprint density at radius 3 is 2.69 bits per heavy atom. The highest BCUT2D eigenvalue weighted by molar-refractivity contribution is 5.95. The summed E-state index contributed by atoms with van der Waals surface area (Å²) in [6, 6.07) is 18.8. The Bertz CT molecular complexity index is 1500. The lowest BCUT2D eigenvalue weighted by Gasteiger charge is -2.39. The summed E-state index contributed by atoms with van der Waals surface area (Å²) in [6.07, 6.45) is 0.240. The number of nitrogens with one attached hydrogen (secondary N) is 3. The second-order valence-electron chi connectivity index (χ2n) is 10.9. The van der Waals surface area contributed by atoms with Crippen LogP contribution in [0.5, 0.6) is 17.2 Å². The fourth-order valence-electron chi connectivity index (χ4n) is 5.37. The highest BCUT2D eigenvalue weighted by Crippen LogP contribution is 2.29. The van der Waals surface area contributed by atoms with Gasteiger partial charge in [-0.1, -0.05) is 30.3 Å². The molecule has 0 aliphatic carbocycles. The predicted octanol–water partition coefficient (Wildman–Crippen LogP) is 3.40. The van der Waals surface area contributed by atoms with Gasteiger partial charge in [-0.2, -0.15) is 0 Å². The smallest absolute Gasteiger partial charge is 0.336 e. The van der Waals surface area contributed by atoms with E-state index in [0.29, 0.717) is 62.1 Å². The summed E-state index contributed by atoms with van der Waals surface area (Å²) in [5.74, 6) is 0.143. The summed E-state index contributed by atoms with van der Waals surface area (Å²) in [6.45, 7) is 2.95. The molecule has 2 heterocycles. The molecule has 0 saturated carbocycles. The van der Waals surface area contributed by atoms with E-state index in [2.05, 4.69) is 20.9 Å². The highest BCUT2D eigenvalue weighted by atomic mass is 16.5. The molecule has 0 radical (unpaired) electrons. The summed E-state index contributed by atoms with van der Waals surface area (Å²) in [7, 11) is 1.58. The van der Waals surface area contributed by atoms with Crippen LogP contribution in [-0.2, 0) is 22.6 Å². The number of ether oxygens (including phenoxy) is 4. The van der Waals surface area contributed by atoms with Crippen molar-refractivity contribution in [2.45, 2.75) is 31.7 Å². The molecule has 3 amide bonds. The molecule has 2 atom stereocenters. The Morgan fingerprint density at radius 2 is 1.84 bits per heavy atom. The van der Waals surface area contributed by atoms with Gasteiger partial charge in [-0.15, -0.1) is 0 Å². The first-order chi connectivity index (χ1) is 21.9. The van der Waals surface area contributed by atoms with E-state index in [1.54, 1.807) is 37.4 Å². The van der Waals surface area contributed by atoms with Crippen LogP contribution in [0.3, 0.4) is 0 Å². The van der Waals surface area contributed by atoms with Gasteiger partial charge in [0.2, 0.25) is 0 Å². The molecule has 2 aliphatic rings. The molecule has 1 saturated heterocycles. The third kappa shape index (κ3) is 8.94. The number of piperidine rings is 1. The first-order valence-corrected chi connectivity index (χ1v) is 14.9. The molecule has 0 aromatic heterocycles. The van der Waals surface area contributed by atoms with E-state index in [1.165, 1.54) is 0 Å². The number of carbonyl (C=O) groups is 3. The molecule has 12 nitrogen and oxygen atoms in total. The highest BCUT2D eigenvalue weighted by Gasteiger charge is 2.32. The lowest BCUT2D eigenvalue weighted by molar-refractivity contribution is -0.0304. The summed E-state index contributed by atoms with van der Waals surface area (Å²) in [4.78, 5) is 39.7. The quantitative estimate of drug-likeness (QED) is 0.293. The van der Waals surface area contributed by atoms with Crippen molar-refractivity contribution in [3.8, 4) is 17.2 Å². The maximum absolute atomic E-state index is 13.0. The van der Waals surface area contributed by atoms with Gasteiger partial charge in [0.25, 0.3) is 5.91 Å². The number of methoxy groups -OCH3 is 1. The normalized spacial score (nSPS) is 19.4. The number of benzene rings is 3. The van der Waals surface area contributed by atoms with Crippen LogP contribution in [0.15, 0.2) is 66.7 Å². The molecular weight excluding hydrogens is 580 g/mol. The van der Waals surface area contributed by atoms with Crippen molar-refractivity contribution in [3.05, 3.63) is 89.0 Å². The Labute approximate surface area is 261 Å². The third-order valence-electron chi connectivity index (χ3n) is 7.59. The van der Waals surface area contributed by atoms with Crippen LogP contribution in [0.1, 0.15) is 38.3 Å². The van der Waals surface area contributed by atoms with Crippen molar-refractivity contribution in [1.82, 2.24) is 20.9 Å². The maximum atomic E-state index is 13.0. The van der Waals surface area contributed by atoms with Crippen molar-refractivity contribution >= 4 is 17.9 Å². The van der Waals surface area contributed by atoms with Crippen molar-refractivity contribution < 1.29 is 38.4 Å². The van der Waals surface area contributed by atoms with Gasteiger partial charge in [-0.05, 0) is 47.9 Å². The summed E-state index contributed by atoms with van der Waals surface area (Å²) in [5.41, 5.74) is 2.20. The van der Waals surface area contributed by atoms with Crippen molar-refractivity contribution in [1.29, 1.82) is 0 Å². The number of nitrogens with zero attached hydrogens (tertiary/aromatic N) is 1. The van der Waals surface area contributed by atoms with E-state index < -0.39 is 5.97 Å². The maximum Gasteiger partial charge on any atom is 0.336 e. The number of hydrogen-bond donors (Lipinski definition) is 4. The minimum atomic E-state index is -0.967. The fraction of sp³-hybridized carbons (Fsp3) is 0.364. The zero-order valence-corrected chi connectivity index (χ0v) is 25.1. The number of aromatic carboxylic acids is 1. The van der Waals surface area contributed by atoms with E-state index in [-0.39, 0.29) is 49.3 Å². The zero-order chi connectivity index (χ0) is 31.6. The Kier molecular flexibility index (Phi) is 10.9. The second kappa shape index (κ2) is 15.4. The largest absolute Gasteiger partial charge is 0.491 e. The van der Waals surface area contributed by atoms with Crippen LogP contribution in [0.4, 0.5) is 4.79 Å². The average Bonchev–Trinajstić information content (AvgIpc) is 3.03. The molecule has 3 aromatic rings. The molecule has 238 valence electrons. The van der Waals surface area contributed by atoms with Gasteiger partial charge in [-0.25, -0.2) is 9.59 Å². The fourth-order valence-corrected chi connectivity index (χ4v) is 5.37. The standard InChI is InChI=1S/C33H38N4O8/c1-42-13-14-43-26-16-24-17-27(18-26)45-25-7-4-5-22(15-25)21-44-30-20-37(19-23-6-2-3-8-28(23)32(39)40)12-9-29(30)36-33(41)35-11-10-34-31(24)38/h2-8,15-18,29-30H,9-14,19-21H2,1H3,(H,34,38)(H,39,40)(H2,35,36,41)/t29-,30-/m0/s1. The van der Waals surface area contributed by atoms with Gasteiger partial charge in [0.15, 0.2) is 0 Å². The first kappa shape index (κ1) is 31.8. The average molecular weight is 619 g/mol. The molecule has 5 rings (SSSR count). The number of rotatable bonds is 7. The van der Waals surface area contributed by atoms with E-state index in [0.717, 1.165) is 11.1 Å². The minimum absolute atomic E-state index is 0.209. The van der Waals surface area contributed by atoms with Crippen LogP contribution in [-0.4, -0.2) is 86.6 Å². The molecule has 0 unspecified atom stereocenters. The molecule has 12 heteroatoms. The van der Waals surface area contributed by atoms with Crippen LogP contribution in [0, 0.1) is 0 Å². The summed E-state index contributed by atoms with van der Waals surface area (Å²) >= 11 is 0. The molecular formula is C33H38N4O8. The van der Waals surface area contributed by atoms with Crippen molar-refractivity contribution in [2.24, 2.45) is 0 Å². The lowest BCUT2D eigenvalue weighted by Crippen LogP contribution is -2.56. The molecule has 3 aromatic carbocycles. The van der Waals surface area contributed by atoms with E-state index in [9.17, 15) is 19.5 Å². The summed E-state index contributed by atoms with van der Waals surface area (Å²) < 4.78 is 23.4. The minimum Gasteiger partial charge on any atom is -0.491 e. The summed E-state index contributed by atoms with van der Waals surface area (Å²) in [5, 5.41) is 18.3. The number of amides is 3. The van der Waals surface area contributed by atoms with Gasteiger partial charge in [0, 0.05) is 51.5 Å². The molecule has 4 bridgehead atoms. The van der Waals surface area contributed by atoms with Crippen molar-refractivity contribution in [3.63, 3.8) is 0 Å². The van der Waals surface area contributed by atoms with Gasteiger partial charge >= 0.3 is 12.0 Å². The molecule has 2 aliphatic heterocycles. The predicted molar refractivity (Wildman–Crippen MR) is 165 cm³/mol. The number of fused-ring (bicyclic) bond motifs is 5. The molecule has 0 spiro atoms. The van der Waals surface area contributed by atoms with Gasteiger partial charge in [0.1, 0.15) is 23.9 Å². The van der Waals surface area contributed by atoms with Crippen LogP contribution in [0.2, 0.25) is 0 Å². The number of carboxylic acid groups (broad SMARTS) is 1. The SMILES string of the molecule is COCCOc1cc2cc(c1)C(=O)NCCNC(=O)N[C@H]1CCN(Cc3ccccc3C(=O)O)C[C@@H]1OCc1cccc(c1)O2. The topological polar surface area (TPSA) is 148 Å². The number of carbonyl (C=O) groups excluding carboxylic acids is 2. The van der Waals surface area contributed by atoms with Crippen molar-refractivity contribution in [2.75, 3.05) is 46.5 Å². The van der Waals surface area contributed by atoms with E-state index >= 15 is 0 Å². The molecule has 45 heavy (non-hydrogen) atoms. The Morgan fingerprint density at radius 1 is 1.00 bits per heavy atom. The number of urea groups is 1. The van der Waals surface area contributed by atoms with Gasteiger partial charge < -0.3 is 40.0 Å². The second-order valence-corrected chi connectivity index (χ2v) is 10.9. The van der Waals surface area contributed by atoms with Crippen LogP contribution < -0.4 is 25.4 Å².